The molecule has 0 bridgehead atoms. The van der Waals surface area contributed by atoms with Gasteiger partial charge in [-0.2, -0.15) is 0 Å². The lowest BCUT2D eigenvalue weighted by Crippen LogP contribution is -2.20. The minimum Gasteiger partial charge on any atom is -0.491 e. The number of ether oxygens (including phenoxy) is 1. The third-order valence-corrected chi connectivity index (χ3v) is 3.33. The molecule has 0 aliphatic rings. The molecule has 2 nitrogen and oxygen atoms in total. The van der Waals surface area contributed by atoms with Gasteiger partial charge < -0.3 is 9.84 Å². The molecule has 2 rings (SSSR count). The SMILES string of the molecule is OC(COc1cccc(Cl)c1)Cc1cc(F)cc(Br)c1. The van der Waals surface area contributed by atoms with Crippen molar-refractivity contribution in [2.24, 2.45) is 0 Å². The van der Waals surface area contributed by atoms with Crippen LogP contribution in [0.1, 0.15) is 5.56 Å². The second-order valence-electron chi connectivity index (χ2n) is 4.40. The first-order valence-corrected chi connectivity index (χ1v) is 7.21. The van der Waals surface area contributed by atoms with Gasteiger partial charge in [-0.25, -0.2) is 4.39 Å². The van der Waals surface area contributed by atoms with Gasteiger partial charge in [-0.05, 0) is 42.0 Å². The minimum absolute atomic E-state index is 0.120. The summed E-state index contributed by atoms with van der Waals surface area (Å²) in [5.41, 5.74) is 0.707. The molecule has 2 aromatic rings. The van der Waals surface area contributed by atoms with Crippen molar-refractivity contribution in [3.8, 4) is 5.75 Å². The zero-order valence-electron chi connectivity index (χ0n) is 10.5. The molecule has 0 fully saturated rings. The molecule has 20 heavy (non-hydrogen) atoms. The number of hydrogen-bond acceptors (Lipinski definition) is 2. The van der Waals surface area contributed by atoms with Gasteiger partial charge in [0.05, 0.1) is 6.10 Å². The maximum Gasteiger partial charge on any atom is 0.124 e. The number of aliphatic hydroxyl groups is 1. The van der Waals surface area contributed by atoms with E-state index < -0.39 is 6.10 Å². The smallest absolute Gasteiger partial charge is 0.124 e. The van der Waals surface area contributed by atoms with Crippen molar-refractivity contribution in [1.82, 2.24) is 0 Å². The van der Waals surface area contributed by atoms with Crippen LogP contribution in [0.25, 0.3) is 0 Å². The lowest BCUT2D eigenvalue weighted by molar-refractivity contribution is 0.107. The fraction of sp³-hybridized carbons (Fsp3) is 0.200. The maximum absolute atomic E-state index is 13.2. The third kappa shape index (κ3) is 4.78. The molecule has 0 aliphatic heterocycles. The molecule has 0 aromatic heterocycles. The van der Waals surface area contributed by atoms with Gasteiger partial charge in [0.1, 0.15) is 18.2 Å². The van der Waals surface area contributed by atoms with Crippen LogP contribution >= 0.6 is 27.5 Å². The molecular formula is C15H13BrClFO2. The molecule has 5 heteroatoms. The summed E-state index contributed by atoms with van der Waals surface area (Å²) < 4.78 is 19.3. The molecule has 0 amide bonds. The molecule has 0 spiro atoms. The molecule has 0 radical (unpaired) electrons. The van der Waals surface area contributed by atoms with Crippen LogP contribution in [0.15, 0.2) is 46.9 Å². The van der Waals surface area contributed by atoms with Gasteiger partial charge in [0.2, 0.25) is 0 Å². The van der Waals surface area contributed by atoms with Crippen LogP contribution in [0, 0.1) is 5.82 Å². The largest absolute Gasteiger partial charge is 0.491 e. The Balaban J connectivity index is 1.90. The number of hydrogen-bond donors (Lipinski definition) is 1. The first kappa shape index (κ1) is 15.3. The van der Waals surface area contributed by atoms with Crippen LogP contribution in [-0.2, 0) is 6.42 Å². The van der Waals surface area contributed by atoms with Gasteiger partial charge in [-0.1, -0.05) is 33.6 Å². The Morgan fingerprint density at radius 2 is 2.05 bits per heavy atom. The summed E-state index contributed by atoms with van der Waals surface area (Å²) >= 11 is 9.05. The Bertz CT molecular complexity index is 572. The second kappa shape index (κ2) is 7.07. The number of rotatable bonds is 5. The standard InChI is InChI=1S/C15H13BrClFO2/c16-11-4-10(5-13(18)7-11)6-14(19)9-20-15-3-1-2-12(17)8-15/h1-5,7-8,14,19H,6,9H2. The van der Waals surface area contributed by atoms with E-state index in [0.29, 0.717) is 27.2 Å². The molecule has 1 unspecified atom stereocenters. The number of benzene rings is 2. The van der Waals surface area contributed by atoms with Crippen LogP contribution in [0.3, 0.4) is 0 Å². The van der Waals surface area contributed by atoms with Crippen molar-refractivity contribution < 1.29 is 14.2 Å². The van der Waals surface area contributed by atoms with E-state index in [1.807, 2.05) is 0 Å². The maximum atomic E-state index is 13.2. The quantitative estimate of drug-likeness (QED) is 0.866. The topological polar surface area (TPSA) is 29.5 Å². The lowest BCUT2D eigenvalue weighted by atomic mass is 10.1. The Morgan fingerprint density at radius 3 is 2.75 bits per heavy atom. The van der Waals surface area contributed by atoms with E-state index in [1.54, 1.807) is 30.3 Å². The summed E-state index contributed by atoms with van der Waals surface area (Å²) in [4.78, 5) is 0. The van der Waals surface area contributed by atoms with Crippen LogP contribution in [-0.4, -0.2) is 17.8 Å². The van der Waals surface area contributed by atoms with E-state index in [1.165, 1.54) is 12.1 Å². The minimum atomic E-state index is -0.720. The zero-order chi connectivity index (χ0) is 14.5. The van der Waals surface area contributed by atoms with Crippen LogP contribution in [0.4, 0.5) is 4.39 Å². The van der Waals surface area contributed by atoms with Crippen molar-refractivity contribution in [3.63, 3.8) is 0 Å². The van der Waals surface area contributed by atoms with Crippen molar-refractivity contribution in [3.05, 3.63) is 63.3 Å². The van der Waals surface area contributed by atoms with Gasteiger partial charge in [0, 0.05) is 15.9 Å². The highest BCUT2D eigenvalue weighted by Crippen LogP contribution is 2.19. The molecule has 1 N–H and O–H groups in total. The van der Waals surface area contributed by atoms with Crippen molar-refractivity contribution >= 4 is 27.5 Å². The van der Waals surface area contributed by atoms with E-state index in [4.69, 9.17) is 16.3 Å². The number of aliphatic hydroxyl groups excluding tert-OH is 1. The van der Waals surface area contributed by atoms with Gasteiger partial charge in [0.15, 0.2) is 0 Å². The van der Waals surface area contributed by atoms with Crippen molar-refractivity contribution in [1.29, 1.82) is 0 Å². The van der Waals surface area contributed by atoms with Gasteiger partial charge >= 0.3 is 0 Å². The zero-order valence-corrected chi connectivity index (χ0v) is 12.9. The summed E-state index contributed by atoms with van der Waals surface area (Å²) in [5, 5.41) is 10.5. The van der Waals surface area contributed by atoms with E-state index >= 15 is 0 Å². The van der Waals surface area contributed by atoms with Crippen LogP contribution in [0.2, 0.25) is 5.02 Å². The van der Waals surface area contributed by atoms with E-state index in [-0.39, 0.29) is 12.4 Å². The molecule has 0 saturated heterocycles. The number of halogens is 3. The predicted molar refractivity (Wildman–Crippen MR) is 80.8 cm³/mol. The summed E-state index contributed by atoms with van der Waals surface area (Å²) in [6.45, 7) is 0.120. The molecule has 2 aromatic carbocycles. The normalized spacial score (nSPS) is 12.2. The highest BCUT2D eigenvalue weighted by molar-refractivity contribution is 9.10. The first-order valence-electron chi connectivity index (χ1n) is 6.04. The Hall–Kier alpha value is -1.10. The Morgan fingerprint density at radius 1 is 1.25 bits per heavy atom. The van der Waals surface area contributed by atoms with E-state index in [2.05, 4.69) is 15.9 Å². The summed E-state index contributed by atoms with van der Waals surface area (Å²) in [6.07, 6.45) is -0.403. The first-order chi connectivity index (χ1) is 9.52. The summed E-state index contributed by atoms with van der Waals surface area (Å²) in [7, 11) is 0. The van der Waals surface area contributed by atoms with Crippen molar-refractivity contribution in [2.75, 3.05) is 6.61 Å². The van der Waals surface area contributed by atoms with Gasteiger partial charge in [-0.3, -0.25) is 0 Å². The van der Waals surface area contributed by atoms with Crippen LogP contribution < -0.4 is 4.74 Å². The molecule has 106 valence electrons. The average molecular weight is 360 g/mol. The van der Waals surface area contributed by atoms with Crippen molar-refractivity contribution in [2.45, 2.75) is 12.5 Å². The molecule has 0 aliphatic carbocycles. The summed E-state index contributed by atoms with van der Waals surface area (Å²) in [5.74, 6) is 0.259. The second-order valence-corrected chi connectivity index (χ2v) is 5.76. The highest BCUT2D eigenvalue weighted by atomic mass is 79.9. The fourth-order valence-corrected chi connectivity index (χ4v) is 2.50. The van der Waals surface area contributed by atoms with Gasteiger partial charge in [-0.15, -0.1) is 0 Å². The monoisotopic (exact) mass is 358 g/mol. The van der Waals surface area contributed by atoms with Gasteiger partial charge in [0.25, 0.3) is 0 Å². The Kier molecular flexibility index (Phi) is 5.40. The summed E-state index contributed by atoms with van der Waals surface area (Å²) in [6, 6.07) is 11.5. The van der Waals surface area contributed by atoms with E-state index in [0.717, 1.165) is 0 Å². The van der Waals surface area contributed by atoms with E-state index in [9.17, 15) is 9.50 Å². The molecular weight excluding hydrogens is 347 g/mol. The molecule has 0 heterocycles. The average Bonchev–Trinajstić information content (AvgIpc) is 2.35. The highest BCUT2D eigenvalue weighted by Gasteiger charge is 2.09. The lowest BCUT2D eigenvalue weighted by Gasteiger charge is -2.13. The molecule has 1 atom stereocenters. The van der Waals surface area contributed by atoms with Crippen LogP contribution in [0.5, 0.6) is 5.75 Å². The predicted octanol–water partition coefficient (Wildman–Crippen LogP) is 4.22. The molecule has 0 saturated carbocycles. The fourth-order valence-electron chi connectivity index (χ4n) is 1.81. The Labute approximate surface area is 130 Å². The third-order valence-electron chi connectivity index (χ3n) is 2.63.